The first-order chi connectivity index (χ1) is 12.0. The van der Waals surface area contributed by atoms with Gasteiger partial charge >= 0.3 is 0 Å². The molecule has 0 spiro atoms. The maximum absolute atomic E-state index is 11.9. The van der Waals surface area contributed by atoms with E-state index in [9.17, 15) is 4.79 Å². The Morgan fingerprint density at radius 3 is 2.84 bits per heavy atom. The lowest BCUT2D eigenvalue weighted by molar-refractivity contribution is -0.116. The SMILES string of the molecule is C[C@]12CCC3C(C=CC4=CC(=O)CC[C@@]43C)C1CCC2CCCC#N. The van der Waals surface area contributed by atoms with Gasteiger partial charge < -0.3 is 0 Å². The van der Waals surface area contributed by atoms with E-state index in [4.69, 9.17) is 5.26 Å². The Hall–Kier alpha value is -1.36. The highest BCUT2D eigenvalue weighted by atomic mass is 16.1. The number of hydrogen-bond acceptors (Lipinski definition) is 2. The molecule has 0 radical (unpaired) electrons. The van der Waals surface area contributed by atoms with Crippen molar-refractivity contribution < 1.29 is 4.79 Å². The van der Waals surface area contributed by atoms with Crippen molar-refractivity contribution in [2.24, 2.45) is 34.5 Å². The van der Waals surface area contributed by atoms with Crippen molar-refractivity contribution in [2.75, 3.05) is 0 Å². The topological polar surface area (TPSA) is 40.9 Å². The smallest absolute Gasteiger partial charge is 0.156 e. The highest BCUT2D eigenvalue weighted by Crippen LogP contribution is 2.65. The fourth-order valence-electron chi connectivity index (χ4n) is 7.01. The van der Waals surface area contributed by atoms with Crippen LogP contribution in [0.15, 0.2) is 23.8 Å². The van der Waals surface area contributed by atoms with Crippen LogP contribution in [0.4, 0.5) is 0 Å². The first-order valence-electron chi connectivity index (χ1n) is 10.3. The molecule has 0 aliphatic heterocycles. The molecule has 0 saturated heterocycles. The number of hydrogen-bond donors (Lipinski definition) is 0. The quantitative estimate of drug-likeness (QED) is 0.629. The van der Waals surface area contributed by atoms with E-state index >= 15 is 0 Å². The Labute approximate surface area is 152 Å². The molecular weight excluding hydrogens is 306 g/mol. The third kappa shape index (κ3) is 2.54. The Morgan fingerprint density at radius 1 is 1.20 bits per heavy atom. The van der Waals surface area contributed by atoms with Gasteiger partial charge in [-0.15, -0.1) is 0 Å². The van der Waals surface area contributed by atoms with Gasteiger partial charge in [0.05, 0.1) is 6.07 Å². The van der Waals surface area contributed by atoms with Crippen molar-refractivity contribution in [3.05, 3.63) is 23.8 Å². The Morgan fingerprint density at radius 2 is 2.04 bits per heavy atom. The molecule has 0 aromatic carbocycles. The number of rotatable bonds is 3. The molecular formula is C23H31NO. The van der Waals surface area contributed by atoms with Crippen LogP contribution < -0.4 is 0 Å². The van der Waals surface area contributed by atoms with Crippen molar-refractivity contribution in [2.45, 2.75) is 71.6 Å². The number of carbonyl (C=O) groups excluding carboxylic acids is 1. The average molecular weight is 338 g/mol. The fourth-order valence-corrected chi connectivity index (χ4v) is 7.01. The van der Waals surface area contributed by atoms with Crippen LogP contribution in [-0.2, 0) is 4.79 Å². The molecule has 2 heteroatoms. The highest BCUT2D eigenvalue weighted by Gasteiger charge is 2.57. The third-order valence-corrected chi connectivity index (χ3v) is 8.55. The molecule has 0 amide bonds. The van der Waals surface area contributed by atoms with Gasteiger partial charge in [0.25, 0.3) is 0 Å². The normalized spacial score (nSPS) is 45.2. The Kier molecular flexibility index (Phi) is 4.18. The minimum Gasteiger partial charge on any atom is -0.295 e. The molecule has 2 saturated carbocycles. The predicted octanol–water partition coefficient (Wildman–Crippen LogP) is 5.60. The lowest BCUT2D eigenvalue weighted by atomic mass is 9.48. The van der Waals surface area contributed by atoms with E-state index in [-0.39, 0.29) is 5.41 Å². The van der Waals surface area contributed by atoms with Crippen LogP contribution >= 0.6 is 0 Å². The van der Waals surface area contributed by atoms with E-state index in [1.807, 2.05) is 6.08 Å². The monoisotopic (exact) mass is 337 g/mol. The van der Waals surface area contributed by atoms with E-state index in [0.29, 0.717) is 29.5 Å². The zero-order valence-corrected chi connectivity index (χ0v) is 15.8. The van der Waals surface area contributed by atoms with Crippen LogP contribution in [0.2, 0.25) is 0 Å². The Bertz CT molecular complexity index is 668. The van der Waals surface area contributed by atoms with Gasteiger partial charge in [0, 0.05) is 12.8 Å². The van der Waals surface area contributed by atoms with Crippen molar-refractivity contribution >= 4 is 5.78 Å². The molecule has 0 aromatic heterocycles. The van der Waals surface area contributed by atoms with E-state index < -0.39 is 0 Å². The maximum Gasteiger partial charge on any atom is 0.156 e. The van der Waals surface area contributed by atoms with Crippen LogP contribution in [0.1, 0.15) is 71.6 Å². The summed E-state index contributed by atoms with van der Waals surface area (Å²) in [7, 11) is 0. The minimum atomic E-state index is 0.216. The zero-order valence-electron chi connectivity index (χ0n) is 15.8. The van der Waals surface area contributed by atoms with Gasteiger partial charge in [0.15, 0.2) is 5.78 Å². The molecule has 25 heavy (non-hydrogen) atoms. The molecule has 4 unspecified atom stereocenters. The average Bonchev–Trinajstić information content (AvgIpc) is 2.92. The van der Waals surface area contributed by atoms with Gasteiger partial charge in [-0.3, -0.25) is 4.79 Å². The summed E-state index contributed by atoms with van der Waals surface area (Å²) in [6, 6.07) is 2.32. The summed E-state index contributed by atoms with van der Waals surface area (Å²) in [4.78, 5) is 11.9. The number of allylic oxidation sites excluding steroid dienone is 4. The van der Waals surface area contributed by atoms with Crippen molar-refractivity contribution in [3.8, 4) is 6.07 Å². The van der Waals surface area contributed by atoms with Crippen LogP contribution in [0, 0.1) is 45.8 Å². The summed E-state index contributed by atoms with van der Waals surface area (Å²) in [6.07, 6.45) is 16.8. The van der Waals surface area contributed by atoms with Crippen LogP contribution in [0.3, 0.4) is 0 Å². The fraction of sp³-hybridized carbons (Fsp3) is 0.739. The molecule has 0 bridgehead atoms. The number of ketones is 1. The molecule has 4 aliphatic rings. The van der Waals surface area contributed by atoms with Crippen LogP contribution in [0.5, 0.6) is 0 Å². The number of unbranched alkanes of at least 4 members (excludes halogenated alkanes) is 1. The molecule has 0 heterocycles. The number of nitrogens with zero attached hydrogens (tertiary/aromatic N) is 1. The second-order valence-corrected chi connectivity index (χ2v) is 9.50. The summed E-state index contributed by atoms with van der Waals surface area (Å²) in [5.41, 5.74) is 1.98. The molecule has 134 valence electrons. The van der Waals surface area contributed by atoms with Crippen molar-refractivity contribution in [1.82, 2.24) is 0 Å². The second-order valence-electron chi connectivity index (χ2n) is 9.50. The van der Waals surface area contributed by atoms with Crippen LogP contribution in [-0.4, -0.2) is 5.78 Å². The lowest BCUT2D eigenvalue weighted by Gasteiger charge is -2.56. The zero-order chi connectivity index (χ0) is 17.7. The van der Waals surface area contributed by atoms with Crippen LogP contribution in [0.25, 0.3) is 0 Å². The third-order valence-electron chi connectivity index (χ3n) is 8.55. The largest absolute Gasteiger partial charge is 0.295 e. The molecule has 4 aliphatic carbocycles. The van der Waals surface area contributed by atoms with Gasteiger partial charge in [-0.05, 0) is 91.1 Å². The number of fused-ring (bicyclic) bond motifs is 5. The summed E-state index contributed by atoms with van der Waals surface area (Å²) in [5.74, 6) is 3.32. The molecule has 6 atom stereocenters. The maximum atomic E-state index is 11.9. The van der Waals surface area contributed by atoms with Gasteiger partial charge in [0.2, 0.25) is 0 Å². The van der Waals surface area contributed by atoms with Gasteiger partial charge in [-0.25, -0.2) is 0 Å². The molecule has 0 aromatic rings. The molecule has 4 rings (SSSR count). The van der Waals surface area contributed by atoms with Crippen molar-refractivity contribution in [1.29, 1.82) is 5.26 Å². The second kappa shape index (κ2) is 6.11. The summed E-state index contributed by atoms with van der Waals surface area (Å²) >= 11 is 0. The lowest BCUT2D eigenvalue weighted by Crippen LogP contribution is -2.48. The van der Waals surface area contributed by atoms with E-state index in [1.165, 1.54) is 37.7 Å². The van der Waals surface area contributed by atoms with E-state index in [1.54, 1.807) is 0 Å². The minimum absolute atomic E-state index is 0.216. The van der Waals surface area contributed by atoms with E-state index in [0.717, 1.165) is 31.1 Å². The van der Waals surface area contributed by atoms with Gasteiger partial charge in [-0.2, -0.15) is 5.26 Å². The Balaban J connectivity index is 1.60. The first-order valence-corrected chi connectivity index (χ1v) is 10.3. The van der Waals surface area contributed by atoms with Gasteiger partial charge in [-0.1, -0.05) is 26.0 Å². The molecule has 0 N–H and O–H groups in total. The molecule has 2 nitrogen and oxygen atoms in total. The number of nitriles is 1. The number of carbonyl (C=O) groups is 1. The highest BCUT2D eigenvalue weighted by molar-refractivity contribution is 5.92. The molecule has 2 fully saturated rings. The first kappa shape index (κ1) is 17.1. The van der Waals surface area contributed by atoms with E-state index in [2.05, 4.69) is 32.1 Å². The van der Waals surface area contributed by atoms with Crippen molar-refractivity contribution in [3.63, 3.8) is 0 Å². The summed E-state index contributed by atoms with van der Waals surface area (Å²) < 4.78 is 0. The van der Waals surface area contributed by atoms with Gasteiger partial charge in [0.1, 0.15) is 0 Å². The standard InChI is InChI=1S/C23H31NO/c1-22-13-11-21-19(20(22)9-7-16(22)5-3-4-14-24)8-6-17-15-18(25)10-12-23(17,21)2/h6,8,15-16,19-21H,3-5,7,9-13H2,1-2H3/t16?,19?,20?,21?,22-,23+/m1/s1. The summed E-state index contributed by atoms with van der Waals surface area (Å²) in [5, 5.41) is 8.86. The predicted molar refractivity (Wildman–Crippen MR) is 99.6 cm³/mol. The summed E-state index contributed by atoms with van der Waals surface area (Å²) in [6.45, 7) is 4.97.